The molecule has 0 saturated carbocycles. The van der Waals surface area contributed by atoms with Crippen molar-refractivity contribution in [2.45, 2.75) is 39.0 Å². The highest BCUT2D eigenvalue weighted by Gasteiger charge is 2.20. The third kappa shape index (κ3) is 4.88. The van der Waals surface area contributed by atoms with E-state index in [0.717, 1.165) is 37.1 Å². The van der Waals surface area contributed by atoms with Gasteiger partial charge in [-0.3, -0.25) is 9.88 Å². The van der Waals surface area contributed by atoms with Crippen LogP contribution in [0, 0.1) is 6.92 Å². The molecule has 3 nitrogen and oxygen atoms in total. The summed E-state index contributed by atoms with van der Waals surface area (Å²) in [5, 5.41) is 0. The van der Waals surface area contributed by atoms with Gasteiger partial charge in [0.25, 0.3) is 0 Å². The molecule has 0 spiro atoms. The molecule has 24 heavy (non-hydrogen) atoms. The molecule has 0 bridgehead atoms. The van der Waals surface area contributed by atoms with Gasteiger partial charge in [0.2, 0.25) is 0 Å². The van der Waals surface area contributed by atoms with Gasteiger partial charge in [-0.05, 0) is 64.5 Å². The number of aromatic nitrogens is 1. The predicted molar refractivity (Wildman–Crippen MR) is 104 cm³/mol. The van der Waals surface area contributed by atoms with Crippen LogP contribution in [0.25, 0.3) is 0 Å². The average Bonchev–Trinajstić information content (AvgIpc) is 3.05. The van der Waals surface area contributed by atoms with Crippen molar-refractivity contribution in [3.05, 3.63) is 62.3 Å². The summed E-state index contributed by atoms with van der Waals surface area (Å²) < 4.78 is 8.10. The Bertz CT molecular complexity index is 687. The van der Waals surface area contributed by atoms with Gasteiger partial charge in [0.05, 0.1) is 6.10 Å². The monoisotopic (exact) mass is 452 g/mol. The van der Waals surface area contributed by atoms with Crippen LogP contribution in [0.2, 0.25) is 0 Å². The van der Waals surface area contributed by atoms with Crippen LogP contribution in [0.1, 0.15) is 29.5 Å². The summed E-state index contributed by atoms with van der Waals surface area (Å²) in [5.74, 6) is 0. The molecule has 1 saturated heterocycles. The summed E-state index contributed by atoms with van der Waals surface area (Å²) in [6.45, 7) is 5.74. The highest BCUT2D eigenvalue weighted by atomic mass is 79.9. The molecule has 5 heteroatoms. The molecule has 1 aromatic carbocycles. The standard InChI is InChI=1S/C19H22Br2N2O/c1-14-4-5-15(18(20)9-14)11-23(13-17-3-2-8-24-17)12-16-6-7-22-10-19(16)21/h4-7,9-10,17H,2-3,8,11-13H2,1H3. The molecule has 0 aliphatic carbocycles. The minimum Gasteiger partial charge on any atom is -0.377 e. The maximum Gasteiger partial charge on any atom is 0.0703 e. The summed E-state index contributed by atoms with van der Waals surface area (Å²) in [4.78, 5) is 6.63. The van der Waals surface area contributed by atoms with Gasteiger partial charge < -0.3 is 4.74 Å². The fourth-order valence-corrected chi connectivity index (χ4v) is 4.05. The Morgan fingerprint density at radius 2 is 1.96 bits per heavy atom. The van der Waals surface area contributed by atoms with Crippen molar-refractivity contribution in [2.75, 3.05) is 13.2 Å². The van der Waals surface area contributed by atoms with Crippen LogP contribution in [0.3, 0.4) is 0 Å². The number of hydrogen-bond donors (Lipinski definition) is 0. The third-order valence-corrected chi connectivity index (χ3v) is 5.79. The zero-order valence-corrected chi connectivity index (χ0v) is 17.0. The molecular formula is C19H22Br2N2O. The van der Waals surface area contributed by atoms with Crippen LogP contribution in [-0.2, 0) is 17.8 Å². The molecule has 0 amide bonds. The van der Waals surface area contributed by atoms with Gasteiger partial charge in [0.1, 0.15) is 0 Å². The van der Waals surface area contributed by atoms with Gasteiger partial charge in [-0.1, -0.05) is 28.1 Å². The van der Waals surface area contributed by atoms with E-state index in [9.17, 15) is 0 Å². The van der Waals surface area contributed by atoms with E-state index in [1.54, 1.807) is 0 Å². The predicted octanol–water partition coefficient (Wildman–Crippen LogP) is 5.10. The van der Waals surface area contributed by atoms with Gasteiger partial charge >= 0.3 is 0 Å². The van der Waals surface area contributed by atoms with Gasteiger partial charge in [0, 0.05) is 47.6 Å². The normalized spacial score (nSPS) is 17.6. The quantitative estimate of drug-likeness (QED) is 0.608. The lowest BCUT2D eigenvalue weighted by atomic mass is 10.1. The number of benzene rings is 1. The van der Waals surface area contributed by atoms with Crippen molar-refractivity contribution in [2.24, 2.45) is 0 Å². The van der Waals surface area contributed by atoms with Gasteiger partial charge in [-0.2, -0.15) is 0 Å². The summed E-state index contributed by atoms with van der Waals surface area (Å²) in [5.41, 5.74) is 3.84. The second-order valence-corrected chi connectivity index (χ2v) is 8.08. The second kappa shape index (κ2) is 8.56. The minimum atomic E-state index is 0.342. The van der Waals surface area contributed by atoms with E-state index in [1.165, 1.54) is 27.6 Å². The molecule has 128 valence electrons. The van der Waals surface area contributed by atoms with Crippen LogP contribution in [0.15, 0.2) is 45.6 Å². The maximum atomic E-state index is 5.86. The van der Waals surface area contributed by atoms with Crippen LogP contribution in [-0.4, -0.2) is 29.1 Å². The van der Waals surface area contributed by atoms with E-state index in [-0.39, 0.29) is 0 Å². The Hall–Kier alpha value is -0.750. The molecule has 1 aromatic heterocycles. The SMILES string of the molecule is Cc1ccc(CN(Cc2ccncc2Br)CC2CCCO2)c(Br)c1. The zero-order chi connectivity index (χ0) is 16.9. The Kier molecular flexibility index (Phi) is 6.44. The largest absolute Gasteiger partial charge is 0.377 e. The molecule has 0 N–H and O–H groups in total. The fourth-order valence-electron chi connectivity index (χ4n) is 3.06. The van der Waals surface area contributed by atoms with Crippen LogP contribution in [0.5, 0.6) is 0 Å². The van der Waals surface area contributed by atoms with E-state index < -0.39 is 0 Å². The molecule has 3 rings (SSSR count). The smallest absolute Gasteiger partial charge is 0.0703 e. The Balaban J connectivity index is 1.77. The first kappa shape index (κ1) is 18.1. The molecule has 1 aliphatic heterocycles. The number of ether oxygens (including phenoxy) is 1. The lowest BCUT2D eigenvalue weighted by molar-refractivity contribution is 0.0677. The number of hydrogen-bond acceptors (Lipinski definition) is 3. The minimum absolute atomic E-state index is 0.342. The number of rotatable bonds is 6. The van der Waals surface area contributed by atoms with Crippen molar-refractivity contribution in [1.82, 2.24) is 9.88 Å². The number of halogens is 2. The zero-order valence-electron chi connectivity index (χ0n) is 13.8. The molecule has 2 heterocycles. The molecule has 1 atom stereocenters. The summed E-state index contributed by atoms with van der Waals surface area (Å²) in [6.07, 6.45) is 6.39. The van der Waals surface area contributed by atoms with Crippen LogP contribution >= 0.6 is 31.9 Å². The number of pyridine rings is 1. The first-order valence-corrected chi connectivity index (χ1v) is 9.88. The van der Waals surface area contributed by atoms with Gasteiger partial charge in [-0.15, -0.1) is 0 Å². The first-order valence-electron chi connectivity index (χ1n) is 8.29. The summed E-state index contributed by atoms with van der Waals surface area (Å²) in [6, 6.07) is 8.65. The highest BCUT2D eigenvalue weighted by Crippen LogP contribution is 2.24. The highest BCUT2D eigenvalue weighted by molar-refractivity contribution is 9.10. The van der Waals surface area contributed by atoms with E-state index in [2.05, 4.69) is 72.9 Å². The van der Waals surface area contributed by atoms with E-state index >= 15 is 0 Å². The summed E-state index contributed by atoms with van der Waals surface area (Å²) in [7, 11) is 0. The fraction of sp³-hybridized carbons (Fsp3) is 0.421. The Morgan fingerprint density at radius 1 is 1.17 bits per heavy atom. The van der Waals surface area contributed by atoms with Gasteiger partial charge in [-0.25, -0.2) is 0 Å². The Labute approximate surface area is 160 Å². The topological polar surface area (TPSA) is 25.4 Å². The number of nitrogens with zero attached hydrogens (tertiary/aromatic N) is 2. The van der Waals surface area contributed by atoms with E-state index in [4.69, 9.17) is 4.74 Å². The molecule has 1 aliphatic rings. The van der Waals surface area contributed by atoms with Crippen molar-refractivity contribution in [3.63, 3.8) is 0 Å². The van der Waals surface area contributed by atoms with Gasteiger partial charge in [0.15, 0.2) is 0 Å². The van der Waals surface area contributed by atoms with E-state index in [0.29, 0.717) is 6.10 Å². The lowest BCUT2D eigenvalue weighted by Gasteiger charge is -2.26. The first-order chi connectivity index (χ1) is 11.6. The Morgan fingerprint density at radius 3 is 2.62 bits per heavy atom. The van der Waals surface area contributed by atoms with Crippen molar-refractivity contribution in [1.29, 1.82) is 0 Å². The number of aryl methyl sites for hydroxylation is 1. The molecule has 1 fully saturated rings. The molecule has 1 unspecified atom stereocenters. The maximum absolute atomic E-state index is 5.86. The van der Waals surface area contributed by atoms with E-state index in [1.807, 2.05) is 12.4 Å². The molecule has 0 radical (unpaired) electrons. The average molecular weight is 454 g/mol. The lowest BCUT2D eigenvalue weighted by Crippen LogP contribution is -2.31. The third-order valence-electron chi connectivity index (χ3n) is 4.34. The molecular weight excluding hydrogens is 432 g/mol. The van der Waals surface area contributed by atoms with Crippen molar-refractivity contribution >= 4 is 31.9 Å². The molecule has 2 aromatic rings. The van der Waals surface area contributed by atoms with Crippen LogP contribution in [0.4, 0.5) is 0 Å². The van der Waals surface area contributed by atoms with Crippen molar-refractivity contribution < 1.29 is 4.74 Å². The van der Waals surface area contributed by atoms with Crippen LogP contribution < -0.4 is 0 Å². The summed E-state index contributed by atoms with van der Waals surface area (Å²) >= 11 is 7.33. The van der Waals surface area contributed by atoms with Crippen molar-refractivity contribution in [3.8, 4) is 0 Å². The second-order valence-electron chi connectivity index (χ2n) is 6.37.